The fraction of sp³-hybridized carbons (Fsp3) is 0.0154. The zero-order valence-corrected chi connectivity index (χ0v) is 36.5. The van der Waals surface area contributed by atoms with Gasteiger partial charge < -0.3 is 9.32 Å². The average Bonchev–Trinajstić information content (AvgIpc) is 4.04. The van der Waals surface area contributed by atoms with Crippen LogP contribution in [0.25, 0.3) is 88.3 Å². The van der Waals surface area contributed by atoms with E-state index in [2.05, 4.69) is 254 Å². The summed E-state index contributed by atoms with van der Waals surface area (Å²) in [5, 5.41) is 4.41. The van der Waals surface area contributed by atoms with E-state index in [0.29, 0.717) is 0 Å². The van der Waals surface area contributed by atoms with Crippen molar-refractivity contribution in [2.75, 3.05) is 4.90 Å². The van der Waals surface area contributed by atoms with Crippen LogP contribution in [0, 0.1) is 0 Å². The largest absolute Gasteiger partial charge is 0.455 e. The molecule has 0 bridgehead atoms. The summed E-state index contributed by atoms with van der Waals surface area (Å²) in [6, 6.07) is 91.2. The molecule has 0 fully saturated rings. The molecule has 0 atom stereocenters. The van der Waals surface area contributed by atoms with Crippen LogP contribution in [0.4, 0.5) is 17.1 Å². The van der Waals surface area contributed by atoms with Gasteiger partial charge in [-0.25, -0.2) is 0 Å². The maximum atomic E-state index is 7.05. The molecule has 67 heavy (non-hydrogen) atoms. The summed E-state index contributed by atoms with van der Waals surface area (Å²) >= 11 is 0. The highest BCUT2D eigenvalue weighted by Crippen LogP contribution is 2.63. The molecule has 1 spiro atoms. The van der Waals surface area contributed by atoms with Crippen LogP contribution in [0.2, 0.25) is 0 Å². The number of hydrogen-bond donors (Lipinski definition) is 0. The Morgan fingerprint density at radius 2 is 0.806 bits per heavy atom. The summed E-state index contributed by atoms with van der Waals surface area (Å²) in [7, 11) is 0. The van der Waals surface area contributed by atoms with Gasteiger partial charge in [0.05, 0.1) is 16.5 Å². The normalized spacial score (nSPS) is 12.9. The lowest BCUT2D eigenvalue weighted by molar-refractivity contribution is 0.672. The number of hydrogen-bond acceptors (Lipinski definition) is 2. The molecule has 2 heteroatoms. The van der Waals surface area contributed by atoms with Crippen molar-refractivity contribution in [1.82, 2.24) is 0 Å². The first-order valence-electron chi connectivity index (χ1n) is 23.2. The Kier molecular flexibility index (Phi) is 8.23. The van der Waals surface area contributed by atoms with Gasteiger partial charge in [0.1, 0.15) is 11.2 Å². The monoisotopic (exact) mass is 851 g/mol. The van der Waals surface area contributed by atoms with E-state index in [0.717, 1.165) is 49.8 Å². The van der Waals surface area contributed by atoms with Crippen LogP contribution < -0.4 is 4.90 Å². The van der Waals surface area contributed by atoms with Gasteiger partial charge in [0.2, 0.25) is 0 Å². The van der Waals surface area contributed by atoms with Crippen molar-refractivity contribution in [2.45, 2.75) is 5.41 Å². The molecular weight excluding hydrogens is 811 g/mol. The molecule has 12 aromatic rings. The van der Waals surface area contributed by atoms with Crippen LogP contribution in [0.15, 0.2) is 253 Å². The van der Waals surface area contributed by atoms with Crippen molar-refractivity contribution in [1.29, 1.82) is 0 Å². The minimum absolute atomic E-state index is 0.480. The van der Waals surface area contributed by atoms with E-state index in [9.17, 15) is 0 Å². The Hall–Kier alpha value is -8.72. The number of fused-ring (bicyclic) bond motifs is 15. The molecule has 2 aliphatic rings. The van der Waals surface area contributed by atoms with Crippen LogP contribution in [-0.4, -0.2) is 0 Å². The maximum absolute atomic E-state index is 7.05. The quantitative estimate of drug-likeness (QED) is 0.166. The van der Waals surface area contributed by atoms with Crippen molar-refractivity contribution < 1.29 is 4.42 Å². The van der Waals surface area contributed by atoms with E-state index in [4.69, 9.17) is 4.42 Å². The second-order valence-electron chi connectivity index (χ2n) is 17.9. The fourth-order valence-corrected chi connectivity index (χ4v) is 11.7. The number of anilines is 3. The van der Waals surface area contributed by atoms with E-state index in [1.165, 1.54) is 77.9 Å². The van der Waals surface area contributed by atoms with Crippen molar-refractivity contribution in [3.05, 3.63) is 271 Å². The second-order valence-corrected chi connectivity index (χ2v) is 17.9. The lowest BCUT2D eigenvalue weighted by Crippen LogP contribution is -2.26. The number of nitrogens with zero attached hydrogens (tertiary/aromatic N) is 1. The molecule has 0 saturated carbocycles. The van der Waals surface area contributed by atoms with Gasteiger partial charge in [-0.2, -0.15) is 0 Å². The minimum Gasteiger partial charge on any atom is -0.455 e. The first-order valence-corrected chi connectivity index (χ1v) is 23.2. The fourth-order valence-electron chi connectivity index (χ4n) is 11.7. The lowest BCUT2D eigenvalue weighted by atomic mass is 9.70. The van der Waals surface area contributed by atoms with Crippen LogP contribution in [0.5, 0.6) is 0 Å². The van der Waals surface area contributed by atoms with E-state index >= 15 is 0 Å². The van der Waals surface area contributed by atoms with Gasteiger partial charge in [0.25, 0.3) is 0 Å². The molecule has 1 aromatic heterocycles. The highest BCUT2D eigenvalue weighted by Gasteiger charge is 2.51. The van der Waals surface area contributed by atoms with Crippen LogP contribution >= 0.6 is 0 Å². The Morgan fingerprint density at radius 1 is 0.299 bits per heavy atom. The van der Waals surface area contributed by atoms with Crippen LogP contribution in [0.1, 0.15) is 22.3 Å². The first-order chi connectivity index (χ1) is 33.3. The predicted octanol–water partition coefficient (Wildman–Crippen LogP) is 17.6. The van der Waals surface area contributed by atoms with Gasteiger partial charge in [-0.3, -0.25) is 0 Å². The molecule has 312 valence electrons. The Balaban J connectivity index is 1.05. The SMILES string of the molecule is c1ccc(-c2ccc(N(c3ccc4c(c3)C3(c5ccccc5-c5ccccc53)c3ccccc3-4)c3cccc4oc5c6ccccc6c(-c6ccccc6-c6ccccc6)cc5c34)cc2)cc1. The molecule has 0 unspecified atom stereocenters. The van der Waals surface area contributed by atoms with Gasteiger partial charge in [0, 0.05) is 22.1 Å². The maximum Gasteiger partial charge on any atom is 0.143 e. The lowest BCUT2D eigenvalue weighted by Gasteiger charge is -2.32. The summed E-state index contributed by atoms with van der Waals surface area (Å²) < 4.78 is 7.05. The predicted molar refractivity (Wildman–Crippen MR) is 279 cm³/mol. The third kappa shape index (κ3) is 5.45. The van der Waals surface area contributed by atoms with Crippen molar-refractivity contribution in [3.8, 4) is 55.6 Å². The molecule has 2 aliphatic carbocycles. The number of rotatable bonds is 6. The molecule has 0 saturated heterocycles. The number of benzene rings is 11. The number of furan rings is 1. The molecule has 0 aliphatic heterocycles. The van der Waals surface area contributed by atoms with Gasteiger partial charge in [-0.15, -0.1) is 0 Å². The van der Waals surface area contributed by atoms with Gasteiger partial charge in [-0.05, 0) is 126 Å². The van der Waals surface area contributed by atoms with E-state index in [1.54, 1.807) is 0 Å². The molecule has 2 nitrogen and oxygen atoms in total. The highest BCUT2D eigenvalue weighted by atomic mass is 16.3. The zero-order chi connectivity index (χ0) is 44.1. The minimum atomic E-state index is -0.480. The third-order valence-electron chi connectivity index (χ3n) is 14.5. The molecule has 11 aromatic carbocycles. The van der Waals surface area contributed by atoms with Crippen molar-refractivity contribution in [2.24, 2.45) is 0 Å². The third-order valence-corrected chi connectivity index (χ3v) is 14.5. The average molecular weight is 852 g/mol. The summed E-state index contributed by atoms with van der Waals surface area (Å²) in [6.45, 7) is 0. The van der Waals surface area contributed by atoms with Gasteiger partial charge in [-0.1, -0.05) is 206 Å². The highest BCUT2D eigenvalue weighted by molar-refractivity contribution is 6.23. The van der Waals surface area contributed by atoms with E-state index in [-0.39, 0.29) is 0 Å². The molecule has 0 amide bonds. The summed E-state index contributed by atoms with van der Waals surface area (Å²) in [6.07, 6.45) is 0. The standard InChI is InChI=1S/C65H41NO/c1-3-18-42(19-4-1)43-34-36-45(37-35-43)66(46-38-39-53-52-27-13-16-31-59(52)65(60(53)40-46)57-29-14-11-25-50(57)51-26-12-15-30-58(51)65)61-32-17-33-62-63(61)56-41-55(49-24-9-10-28-54(49)64(56)67-62)48-23-8-7-22-47(48)44-20-5-2-6-21-44/h1-41H. The smallest absolute Gasteiger partial charge is 0.143 e. The van der Waals surface area contributed by atoms with Crippen molar-refractivity contribution in [3.63, 3.8) is 0 Å². The summed E-state index contributed by atoms with van der Waals surface area (Å²) in [4.78, 5) is 2.46. The Labute approximate surface area is 389 Å². The first kappa shape index (κ1) is 37.6. The Bertz CT molecular complexity index is 3860. The topological polar surface area (TPSA) is 16.4 Å². The summed E-state index contributed by atoms with van der Waals surface area (Å²) in [5.74, 6) is 0. The summed E-state index contributed by atoms with van der Waals surface area (Å²) in [5.41, 5.74) is 22.0. The van der Waals surface area contributed by atoms with Crippen LogP contribution in [0.3, 0.4) is 0 Å². The zero-order valence-electron chi connectivity index (χ0n) is 36.5. The second kappa shape index (κ2) is 14.7. The van der Waals surface area contributed by atoms with E-state index in [1.807, 2.05) is 0 Å². The van der Waals surface area contributed by atoms with Gasteiger partial charge in [0.15, 0.2) is 0 Å². The Morgan fingerprint density at radius 3 is 1.46 bits per heavy atom. The van der Waals surface area contributed by atoms with Crippen LogP contribution in [-0.2, 0) is 5.41 Å². The molecule has 0 N–H and O–H groups in total. The van der Waals surface area contributed by atoms with Crippen molar-refractivity contribution >= 4 is 49.8 Å². The molecule has 0 radical (unpaired) electrons. The van der Waals surface area contributed by atoms with E-state index < -0.39 is 5.41 Å². The molecule has 1 heterocycles. The molecular formula is C65H41NO. The van der Waals surface area contributed by atoms with Gasteiger partial charge >= 0.3 is 0 Å². The molecule has 14 rings (SSSR count).